The average Bonchev–Trinajstić information content (AvgIpc) is 2.66. The van der Waals surface area contributed by atoms with E-state index in [2.05, 4.69) is 15.8 Å². The number of nitriles is 1. The fourth-order valence-electron chi connectivity index (χ4n) is 2.19. The summed E-state index contributed by atoms with van der Waals surface area (Å²) in [7, 11) is 0. The van der Waals surface area contributed by atoms with Crippen molar-refractivity contribution in [2.75, 3.05) is 5.32 Å². The van der Waals surface area contributed by atoms with E-state index in [-0.39, 0.29) is 23.4 Å². The van der Waals surface area contributed by atoms with E-state index in [9.17, 15) is 19.7 Å². The predicted octanol–water partition coefficient (Wildman–Crippen LogP) is 2.60. The van der Waals surface area contributed by atoms with Crippen molar-refractivity contribution in [1.29, 1.82) is 5.26 Å². The number of nitrogens with zero attached hydrogens (tertiary/aromatic N) is 3. The molecule has 0 aliphatic heterocycles. The molecule has 9 heteroatoms. The molecule has 0 aliphatic rings. The second-order valence-electron chi connectivity index (χ2n) is 5.44. The number of nitro benzene ring substituents is 1. The third-order valence-electron chi connectivity index (χ3n) is 3.43. The second-order valence-corrected chi connectivity index (χ2v) is 5.44. The first-order chi connectivity index (χ1) is 12.9. The van der Waals surface area contributed by atoms with Crippen molar-refractivity contribution in [3.05, 3.63) is 69.8 Å². The molecule has 0 heterocycles. The number of carbonyl (C=O) groups excluding carboxylic acids is 2. The Morgan fingerprint density at radius 2 is 1.85 bits per heavy atom. The van der Waals surface area contributed by atoms with Crippen LogP contribution in [-0.2, 0) is 4.79 Å². The molecule has 2 N–H and O–H groups in total. The lowest BCUT2D eigenvalue weighted by Crippen LogP contribution is -2.22. The van der Waals surface area contributed by atoms with Gasteiger partial charge in [0.2, 0.25) is 5.91 Å². The molecule has 0 spiro atoms. The molecule has 0 radical (unpaired) electrons. The van der Waals surface area contributed by atoms with Crippen molar-refractivity contribution in [3.63, 3.8) is 0 Å². The van der Waals surface area contributed by atoms with Crippen LogP contribution in [0.15, 0.2) is 53.6 Å². The van der Waals surface area contributed by atoms with E-state index in [0.29, 0.717) is 11.3 Å². The molecule has 0 aliphatic carbocycles. The lowest BCUT2D eigenvalue weighted by molar-refractivity contribution is -0.385. The monoisotopic (exact) mass is 365 g/mol. The molecule has 136 valence electrons. The summed E-state index contributed by atoms with van der Waals surface area (Å²) < 4.78 is 0. The van der Waals surface area contributed by atoms with Gasteiger partial charge in [0.15, 0.2) is 0 Å². The Morgan fingerprint density at radius 1 is 1.19 bits per heavy atom. The maximum Gasteiger partial charge on any atom is 0.282 e. The Labute approximate surface area is 154 Å². The Hall–Kier alpha value is -4.06. The van der Waals surface area contributed by atoms with Crippen LogP contribution in [0.3, 0.4) is 0 Å². The highest BCUT2D eigenvalue weighted by molar-refractivity contribution is 6.06. The first kappa shape index (κ1) is 19.3. The summed E-state index contributed by atoms with van der Waals surface area (Å²) in [5.74, 6) is -1.17. The van der Waals surface area contributed by atoms with Gasteiger partial charge in [0, 0.05) is 11.8 Å². The smallest absolute Gasteiger partial charge is 0.282 e. The largest absolute Gasteiger partial charge is 0.325 e. The van der Waals surface area contributed by atoms with Gasteiger partial charge in [-0.05, 0) is 25.1 Å². The Balaban J connectivity index is 2.00. The summed E-state index contributed by atoms with van der Waals surface area (Å²) in [5.41, 5.74) is 2.71. The molecule has 0 aromatic heterocycles. The SMILES string of the molecule is C/C(CC(=O)Nc1ccccc1C#N)=N\NC(=O)c1ccccc1[N+](=O)[O-]. The maximum atomic E-state index is 12.1. The third-order valence-corrected chi connectivity index (χ3v) is 3.43. The van der Waals surface area contributed by atoms with Gasteiger partial charge < -0.3 is 5.32 Å². The van der Waals surface area contributed by atoms with Crippen LogP contribution in [0.4, 0.5) is 11.4 Å². The van der Waals surface area contributed by atoms with Gasteiger partial charge in [0.1, 0.15) is 11.6 Å². The summed E-state index contributed by atoms with van der Waals surface area (Å²) in [4.78, 5) is 34.4. The molecule has 0 atom stereocenters. The minimum atomic E-state index is -0.753. The second kappa shape index (κ2) is 8.87. The number of amides is 2. The predicted molar refractivity (Wildman–Crippen MR) is 98.1 cm³/mol. The topological polar surface area (TPSA) is 137 Å². The van der Waals surface area contributed by atoms with Crippen molar-refractivity contribution in [3.8, 4) is 6.07 Å². The number of benzene rings is 2. The zero-order valence-electron chi connectivity index (χ0n) is 14.3. The van der Waals surface area contributed by atoms with Gasteiger partial charge >= 0.3 is 0 Å². The zero-order valence-corrected chi connectivity index (χ0v) is 14.3. The zero-order chi connectivity index (χ0) is 19.8. The van der Waals surface area contributed by atoms with Crippen LogP contribution in [-0.4, -0.2) is 22.4 Å². The van der Waals surface area contributed by atoms with Crippen LogP contribution in [0.2, 0.25) is 0 Å². The number of nitrogens with one attached hydrogen (secondary N) is 2. The van der Waals surface area contributed by atoms with E-state index in [0.717, 1.165) is 0 Å². The summed E-state index contributed by atoms with van der Waals surface area (Å²) in [6.07, 6.45) is -0.128. The summed E-state index contributed by atoms with van der Waals surface area (Å²) in [5, 5.41) is 26.3. The number of carbonyl (C=O) groups is 2. The van der Waals surface area contributed by atoms with E-state index in [1.807, 2.05) is 6.07 Å². The summed E-state index contributed by atoms with van der Waals surface area (Å²) in [6, 6.07) is 14.0. The number of anilines is 1. The lowest BCUT2D eigenvalue weighted by atomic mass is 10.2. The van der Waals surface area contributed by atoms with E-state index < -0.39 is 16.7 Å². The number of nitro groups is 1. The highest BCUT2D eigenvalue weighted by Gasteiger charge is 2.18. The van der Waals surface area contributed by atoms with Crippen LogP contribution in [0.5, 0.6) is 0 Å². The maximum absolute atomic E-state index is 12.1. The molecule has 2 aromatic rings. The van der Waals surface area contributed by atoms with E-state index in [1.54, 1.807) is 24.3 Å². The van der Waals surface area contributed by atoms with Gasteiger partial charge in [-0.1, -0.05) is 24.3 Å². The van der Waals surface area contributed by atoms with Crippen LogP contribution in [0, 0.1) is 21.4 Å². The molecule has 2 amide bonds. The van der Waals surface area contributed by atoms with Gasteiger partial charge in [-0.25, -0.2) is 5.43 Å². The molecule has 0 fully saturated rings. The van der Waals surface area contributed by atoms with Gasteiger partial charge in [-0.2, -0.15) is 10.4 Å². The Kier molecular flexibility index (Phi) is 6.33. The number of hydrazone groups is 1. The molecule has 0 unspecified atom stereocenters. The Bertz CT molecular complexity index is 962. The first-order valence-electron chi connectivity index (χ1n) is 7.78. The number of para-hydroxylation sites is 2. The average molecular weight is 365 g/mol. The van der Waals surface area contributed by atoms with Gasteiger partial charge in [0.25, 0.3) is 11.6 Å². The van der Waals surface area contributed by atoms with Gasteiger partial charge in [0.05, 0.1) is 22.6 Å². The van der Waals surface area contributed by atoms with Gasteiger partial charge in [-0.15, -0.1) is 0 Å². The summed E-state index contributed by atoms with van der Waals surface area (Å²) >= 11 is 0. The van der Waals surface area contributed by atoms with Crippen LogP contribution < -0.4 is 10.7 Å². The minimum absolute atomic E-state index is 0.128. The van der Waals surface area contributed by atoms with Crippen LogP contribution in [0.1, 0.15) is 29.3 Å². The van der Waals surface area contributed by atoms with Crippen molar-refractivity contribution in [1.82, 2.24) is 5.43 Å². The number of hydrogen-bond acceptors (Lipinski definition) is 6. The Morgan fingerprint density at radius 3 is 2.56 bits per heavy atom. The molecule has 9 nitrogen and oxygen atoms in total. The fraction of sp³-hybridized carbons (Fsp3) is 0.111. The molecular formula is C18H15N5O4. The van der Waals surface area contributed by atoms with E-state index >= 15 is 0 Å². The lowest BCUT2D eigenvalue weighted by Gasteiger charge is -2.07. The van der Waals surface area contributed by atoms with Crippen molar-refractivity contribution >= 4 is 28.9 Å². The van der Waals surface area contributed by atoms with Crippen molar-refractivity contribution < 1.29 is 14.5 Å². The minimum Gasteiger partial charge on any atom is -0.325 e. The highest BCUT2D eigenvalue weighted by Crippen LogP contribution is 2.17. The third kappa shape index (κ3) is 5.20. The quantitative estimate of drug-likeness (QED) is 0.460. The number of rotatable bonds is 6. The molecule has 2 rings (SSSR count). The standard InChI is InChI=1S/C18H15N5O4/c1-12(10-17(24)20-15-8-4-2-6-13(15)11-19)21-22-18(25)14-7-3-5-9-16(14)23(26)27/h2-9H,10H2,1H3,(H,20,24)(H,22,25)/b21-12+. The first-order valence-corrected chi connectivity index (χ1v) is 7.78. The van der Waals surface area contributed by atoms with Crippen molar-refractivity contribution in [2.24, 2.45) is 5.10 Å². The molecule has 0 saturated carbocycles. The van der Waals surface area contributed by atoms with Crippen LogP contribution in [0.25, 0.3) is 0 Å². The molecular weight excluding hydrogens is 350 g/mol. The normalized spacial score (nSPS) is 10.6. The van der Waals surface area contributed by atoms with Crippen molar-refractivity contribution in [2.45, 2.75) is 13.3 Å². The molecule has 27 heavy (non-hydrogen) atoms. The number of hydrogen-bond donors (Lipinski definition) is 2. The van der Waals surface area contributed by atoms with Gasteiger partial charge in [-0.3, -0.25) is 19.7 Å². The molecule has 0 saturated heterocycles. The van der Waals surface area contributed by atoms with E-state index in [1.165, 1.54) is 31.2 Å². The molecule has 0 bridgehead atoms. The highest BCUT2D eigenvalue weighted by atomic mass is 16.6. The molecule has 2 aromatic carbocycles. The van der Waals surface area contributed by atoms with E-state index in [4.69, 9.17) is 5.26 Å². The fourth-order valence-corrected chi connectivity index (χ4v) is 2.19. The summed E-state index contributed by atoms with van der Waals surface area (Å²) in [6.45, 7) is 1.52. The van der Waals surface area contributed by atoms with Crippen LogP contribution >= 0.6 is 0 Å².